The number of rotatable bonds is 4. The molecule has 4 rings (SSSR count). The number of hydrogen-bond acceptors (Lipinski definition) is 4. The van der Waals surface area contributed by atoms with Crippen molar-refractivity contribution in [3.63, 3.8) is 0 Å². The van der Waals surface area contributed by atoms with Gasteiger partial charge in [-0.3, -0.25) is 14.5 Å². The van der Waals surface area contributed by atoms with Crippen molar-refractivity contribution < 1.29 is 18.8 Å². The molecule has 1 aromatic carbocycles. The third-order valence-electron chi connectivity index (χ3n) is 5.39. The Morgan fingerprint density at radius 1 is 1.20 bits per heavy atom. The molecule has 0 aliphatic carbocycles. The second-order valence-corrected chi connectivity index (χ2v) is 7.35. The van der Waals surface area contributed by atoms with Crippen LogP contribution in [0.5, 0.6) is 0 Å². The number of amides is 1. The van der Waals surface area contributed by atoms with Gasteiger partial charge in [0.05, 0.1) is 25.2 Å². The summed E-state index contributed by atoms with van der Waals surface area (Å²) < 4.78 is 19.1. The molecule has 3 heterocycles. The van der Waals surface area contributed by atoms with E-state index in [0.29, 0.717) is 25.5 Å². The molecule has 0 N–H and O–H groups in total. The lowest BCUT2D eigenvalue weighted by Gasteiger charge is -2.27. The summed E-state index contributed by atoms with van der Waals surface area (Å²) >= 11 is 0. The van der Waals surface area contributed by atoms with E-state index in [9.17, 15) is 9.18 Å². The Morgan fingerprint density at radius 2 is 2.04 bits per heavy atom. The summed E-state index contributed by atoms with van der Waals surface area (Å²) in [7, 11) is 0. The van der Waals surface area contributed by atoms with Gasteiger partial charge >= 0.3 is 0 Å². The fourth-order valence-electron chi connectivity index (χ4n) is 4.15. The van der Waals surface area contributed by atoms with E-state index in [0.717, 1.165) is 44.5 Å². The number of nitrogens with zero attached hydrogens (tertiary/aromatic N) is 2. The van der Waals surface area contributed by atoms with Crippen LogP contribution in [0.3, 0.4) is 0 Å². The predicted molar refractivity (Wildman–Crippen MR) is 90.0 cm³/mol. The molecule has 3 aliphatic rings. The van der Waals surface area contributed by atoms with Gasteiger partial charge in [0.25, 0.3) is 0 Å². The second kappa shape index (κ2) is 7.40. The van der Waals surface area contributed by atoms with Crippen molar-refractivity contribution in [2.24, 2.45) is 5.92 Å². The number of hydrogen-bond donors (Lipinski definition) is 0. The lowest BCUT2D eigenvalue weighted by molar-refractivity contribution is -0.199. The molecule has 0 radical (unpaired) electrons. The van der Waals surface area contributed by atoms with E-state index in [1.54, 1.807) is 0 Å². The van der Waals surface area contributed by atoms with Crippen LogP contribution >= 0.6 is 0 Å². The van der Waals surface area contributed by atoms with Gasteiger partial charge in [-0.1, -0.05) is 12.1 Å². The van der Waals surface area contributed by atoms with Gasteiger partial charge in [0, 0.05) is 32.1 Å². The summed E-state index contributed by atoms with van der Waals surface area (Å²) in [5, 5.41) is 1.52. The van der Waals surface area contributed by atoms with Gasteiger partial charge in [-0.15, -0.1) is 0 Å². The standard InChI is InChI=1S/C19H25FN2O3/c20-16-5-3-14(4-6-16)11-21-12-15-9-17(25-18(15)13-21)10-19(23)22-7-1-2-8-24-22/h3-6,15,17-18H,1-2,7-13H2/t15-,17+,18+/m1/s1. The van der Waals surface area contributed by atoms with E-state index in [2.05, 4.69) is 4.90 Å². The number of benzene rings is 1. The Bertz CT molecular complexity index is 589. The Labute approximate surface area is 147 Å². The summed E-state index contributed by atoms with van der Waals surface area (Å²) in [5.41, 5.74) is 1.12. The van der Waals surface area contributed by atoms with Gasteiger partial charge in [0.2, 0.25) is 5.91 Å². The first-order chi connectivity index (χ1) is 12.2. The zero-order chi connectivity index (χ0) is 17.2. The van der Waals surface area contributed by atoms with E-state index < -0.39 is 0 Å². The predicted octanol–water partition coefficient (Wildman–Crippen LogP) is 2.36. The Balaban J connectivity index is 1.24. The van der Waals surface area contributed by atoms with E-state index in [1.807, 2.05) is 12.1 Å². The van der Waals surface area contributed by atoms with E-state index in [-0.39, 0.29) is 23.9 Å². The van der Waals surface area contributed by atoms with Crippen LogP contribution in [-0.2, 0) is 20.9 Å². The first-order valence-electron chi connectivity index (χ1n) is 9.23. The van der Waals surface area contributed by atoms with Crippen molar-refractivity contribution in [1.82, 2.24) is 9.96 Å². The molecule has 0 bridgehead atoms. The fourth-order valence-corrected chi connectivity index (χ4v) is 4.15. The van der Waals surface area contributed by atoms with Gasteiger partial charge in [-0.2, -0.15) is 0 Å². The smallest absolute Gasteiger partial charge is 0.248 e. The van der Waals surface area contributed by atoms with Crippen molar-refractivity contribution >= 4 is 5.91 Å². The molecular formula is C19H25FN2O3. The number of likely N-dealkylation sites (tertiary alicyclic amines) is 1. The molecule has 3 saturated heterocycles. The minimum absolute atomic E-state index is 0.0148. The summed E-state index contributed by atoms with van der Waals surface area (Å²) in [6.07, 6.45) is 3.62. The average Bonchev–Trinajstić information content (AvgIpc) is 3.15. The molecule has 3 aliphatic heterocycles. The minimum atomic E-state index is -0.199. The molecule has 0 spiro atoms. The summed E-state index contributed by atoms with van der Waals surface area (Å²) in [5.74, 6) is 0.337. The highest BCUT2D eigenvalue weighted by molar-refractivity contribution is 5.75. The molecule has 3 fully saturated rings. The minimum Gasteiger partial charge on any atom is -0.373 e. The molecule has 25 heavy (non-hydrogen) atoms. The first kappa shape index (κ1) is 16.9. The summed E-state index contributed by atoms with van der Waals surface area (Å²) in [6, 6.07) is 6.69. The lowest BCUT2D eigenvalue weighted by Crippen LogP contribution is -2.37. The average molecular weight is 348 g/mol. The van der Waals surface area contributed by atoms with Crippen molar-refractivity contribution in [2.75, 3.05) is 26.2 Å². The maximum absolute atomic E-state index is 13.0. The highest BCUT2D eigenvalue weighted by Gasteiger charge is 2.42. The monoisotopic (exact) mass is 348 g/mol. The quantitative estimate of drug-likeness (QED) is 0.838. The fraction of sp³-hybridized carbons (Fsp3) is 0.632. The maximum atomic E-state index is 13.0. The SMILES string of the molecule is O=C(C[C@@H]1C[C@@H]2CN(Cc3ccc(F)cc3)C[C@@H]2O1)N1CCCCO1. The Morgan fingerprint density at radius 3 is 2.76 bits per heavy atom. The topological polar surface area (TPSA) is 42.0 Å². The zero-order valence-corrected chi connectivity index (χ0v) is 14.4. The molecule has 0 unspecified atom stereocenters. The van der Waals surface area contributed by atoms with E-state index >= 15 is 0 Å². The van der Waals surface area contributed by atoms with E-state index in [1.165, 1.54) is 17.2 Å². The second-order valence-electron chi connectivity index (χ2n) is 7.35. The molecule has 5 nitrogen and oxygen atoms in total. The highest BCUT2D eigenvalue weighted by atomic mass is 19.1. The molecule has 0 aromatic heterocycles. The molecule has 0 saturated carbocycles. The largest absolute Gasteiger partial charge is 0.373 e. The van der Waals surface area contributed by atoms with Gasteiger partial charge in [-0.05, 0) is 37.0 Å². The van der Waals surface area contributed by atoms with Crippen LogP contribution in [0.2, 0.25) is 0 Å². The van der Waals surface area contributed by atoms with Crippen LogP contribution in [0.1, 0.15) is 31.2 Å². The summed E-state index contributed by atoms with van der Waals surface area (Å²) in [6.45, 7) is 4.02. The summed E-state index contributed by atoms with van der Waals surface area (Å²) in [4.78, 5) is 20.1. The Kier molecular flexibility index (Phi) is 5.01. The number of carbonyl (C=O) groups excluding carboxylic acids is 1. The molecule has 1 amide bonds. The van der Waals surface area contributed by atoms with Gasteiger partial charge in [-0.25, -0.2) is 9.45 Å². The number of carbonyl (C=O) groups is 1. The third kappa shape index (κ3) is 4.02. The van der Waals surface area contributed by atoms with Crippen molar-refractivity contribution in [2.45, 2.75) is 44.4 Å². The zero-order valence-electron chi connectivity index (χ0n) is 14.4. The normalized spacial score (nSPS) is 29.8. The first-order valence-corrected chi connectivity index (χ1v) is 9.23. The molecule has 1 aromatic rings. The van der Waals surface area contributed by atoms with E-state index in [4.69, 9.17) is 9.57 Å². The van der Waals surface area contributed by atoms with Crippen molar-refractivity contribution in [1.29, 1.82) is 0 Å². The molecule has 136 valence electrons. The number of halogens is 1. The van der Waals surface area contributed by atoms with Gasteiger partial charge in [0.15, 0.2) is 0 Å². The van der Waals surface area contributed by atoms with Crippen LogP contribution in [0.25, 0.3) is 0 Å². The van der Waals surface area contributed by atoms with Crippen LogP contribution in [0, 0.1) is 11.7 Å². The highest BCUT2D eigenvalue weighted by Crippen LogP contribution is 2.35. The van der Waals surface area contributed by atoms with Crippen LogP contribution in [0.4, 0.5) is 4.39 Å². The van der Waals surface area contributed by atoms with Gasteiger partial charge in [0.1, 0.15) is 5.82 Å². The van der Waals surface area contributed by atoms with Gasteiger partial charge < -0.3 is 4.74 Å². The number of fused-ring (bicyclic) bond motifs is 1. The Hall–Kier alpha value is -1.50. The number of ether oxygens (including phenoxy) is 1. The van der Waals surface area contributed by atoms with Crippen LogP contribution in [0.15, 0.2) is 24.3 Å². The van der Waals surface area contributed by atoms with Crippen molar-refractivity contribution in [3.8, 4) is 0 Å². The number of hydroxylamine groups is 2. The van der Waals surface area contributed by atoms with Crippen LogP contribution in [-0.4, -0.2) is 54.3 Å². The molecule has 6 heteroatoms. The molecule has 3 atom stereocenters. The third-order valence-corrected chi connectivity index (χ3v) is 5.39. The maximum Gasteiger partial charge on any atom is 0.248 e. The lowest BCUT2D eigenvalue weighted by atomic mass is 10.0. The van der Waals surface area contributed by atoms with Crippen LogP contribution < -0.4 is 0 Å². The molecular weight excluding hydrogens is 323 g/mol. The van der Waals surface area contributed by atoms with Crippen molar-refractivity contribution in [3.05, 3.63) is 35.6 Å².